The van der Waals surface area contributed by atoms with Gasteiger partial charge in [-0.1, -0.05) is 95.0 Å². The molecule has 3 aromatic rings. The van der Waals surface area contributed by atoms with Crippen LogP contribution in [0.3, 0.4) is 0 Å². The number of nitrogens with one attached hydrogen (secondary N) is 2. The summed E-state index contributed by atoms with van der Waals surface area (Å²) in [5, 5.41) is 15.8. The van der Waals surface area contributed by atoms with E-state index in [-0.39, 0.29) is 58.5 Å². The molecule has 0 unspecified atom stereocenters. The number of likely N-dealkylation sites (tertiary alicyclic amines) is 2. The Morgan fingerprint density at radius 2 is 1.40 bits per heavy atom. The average Bonchev–Trinajstić information content (AvgIpc) is 3.83. The van der Waals surface area contributed by atoms with Crippen molar-refractivity contribution in [2.75, 3.05) is 79.5 Å². The summed E-state index contributed by atoms with van der Waals surface area (Å²) >= 11 is 6.26. The molecular weight excluding hydrogens is 942 g/mol. The summed E-state index contributed by atoms with van der Waals surface area (Å²) in [5.74, 6) is 2.49. The van der Waals surface area contributed by atoms with Crippen LogP contribution in [-0.4, -0.2) is 131 Å². The predicted molar refractivity (Wildman–Crippen MR) is 285 cm³/mol. The summed E-state index contributed by atoms with van der Waals surface area (Å²) in [6, 6.07) is 23.0. The molecule has 7 rings (SSSR count). The Labute approximate surface area is 440 Å². The second kappa shape index (κ2) is 26.8. The van der Waals surface area contributed by atoms with Crippen LogP contribution in [0.25, 0.3) is 0 Å². The molecular formula is C59H82ClN5O8. The smallest absolute Gasteiger partial charge is 0.245 e. The van der Waals surface area contributed by atoms with Crippen LogP contribution >= 0.6 is 11.6 Å². The zero-order chi connectivity index (χ0) is 52.0. The van der Waals surface area contributed by atoms with Crippen molar-refractivity contribution in [1.82, 2.24) is 20.4 Å². The molecule has 2 amide bonds. The highest BCUT2D eigenvalue weighted by molar-refractivity contribution is 6.31. The minimum Gasteiger partial charge on any atom is -0.491 e. The van der Waals surface area contributed by atoms with Crippen molar-refractivity contribution >= 4 is 29.2 Å². The van der Waals surface area contributed by atoms with Crippen LogP contribution in [-0.2, 0) is 36.6 Å². The molecule has 0 aromatic heterocycles. The van der Waals surface area contributed by atoms with Crippen LogP contribution < -0.4 is 20.1 Å². The third-order valence-electron chi connectivity index (χ3n) is 16.5. The molecule has 3 aromatic carbocycles. The Hall–Kier alpha value is -4.55. The van der Waals surface area contributed by atoms with E-state index in [0.29, 0.717) is 74.9 Å². The molecule has 0 radical (unpaired) electrons. The highest BCUT2D eigenvalue weighted by Crippen LogP contribution is 2.62. The Bertz CT molecular complexity index is 2280. The Morgan fingerprint density at radius 1 is 0.781 bits per heavy atom. The Kier molecular flexibility index (Phi) is 20.6. The van der Waals surface area contributed by atoms with Gasteiger partial charge in [-0.25, -0.2) is 0 Å². The molecule has 2 N–H and O–H groups in total. The molecule has 73 heavy (non-hydrogen) atoms. The number of nitrogens with zero attached hydrogens (tertiary/aromatic N) is 3. The summed E-state index contributed by atoms with van der Waals surface area (Å²) in [7, 11) is 1.78. The lowest BCUT2D eigenvalue weighted by molar-refractivity contribution is -0.196. The van der Waals surface area contributed by atoms with Gasteiger partial charge in [-0.3, -0.25) is 14.4 Å². The number of aryl methyl sites for hydroxylation is 1. The van der Waals surface area contributed by atoms with Crippen molar-refractivity contribution in [2.45, 2.75) is 129 Å². The number of nitriles is 1. The fourth-order valence-electron chi connectivity index (χ4n) is 12.3. The van der Waals surface area contributed by atoms with Crippen LogP contribution in [0.5, 0.6) is 11.5 Å². The van der Waals surface area contributed by atoms with E-state index in [9.17, 15) is 19.6 Å². The van der Waals surface area contributed by atoms with Gasteiger partial charge >= 0.3 is 0 Å². The number of benzene rings is 3. The van der Waals surface area contributed by atoms with Gasteiger partial charge in [-0.15, -0.1) is 0 Å². The van der Waals surface area contributed by atoms with E-state index in [1.54, 1.807) is 25.2 Å². The fourth-order valence-corrected chi connectivity index (χ4v) is 12.5. The fraction of sp³-hybridized carbons (Fsp3) is 0.627. The van der Waals surface area contributed by atoms with Gasteiger partial charge in [-0.05, 0) is 119 Å². The number of likely N-dealkylation sites (N-methyl/N-ethyl adjacent to an activating group) is 1. The molecule has 2 saturated carbocycles. The number of hydrogen-bond acceptors (Lipinski definition) is 11. The maximum atomic E-state index is 14.2. The van der Waals surface area contributed by atoms with Gasteiger partial charge in [0.05, 0.1) is 49.7 Å². The predicted octanol–water partition coefficient (Wildman–Crippen LogP) is 9.11. The second-order valence-electron chi connectivity index (χ2n) is 22.1. The first-order chi connectivity index (χ1) is 35.2. The van der Waals surface area contributed by atoms with E-state index in [4.69, 9.17) is 35.3 Å². The van der Waals surface area contributed by atoms with E-state index in [1.807, 2.05) is 43.3 Å². The van der Waals surface area contributed by atoms with Crippen molar-refractivity contribution in [1.29, 1.82) is 5.26 Å². The number of rotatable bonds is 27. The lowest BCUT2D eigenvalue weighted by Gasteiger charge is -2.63. The standard InChI is InChI=1S/C59H82ClN5O8/c1-41(62-6)55(67)63-54(46-12-8-7-9-13-46)56(68)65-29-26-44-25-28-64(40-51(44)65)27-24-43-16-21-48(22-17-43)72-36-35-71-34-33-70-32-31-69-30-10-11-42-14-18-45(19-15-42)52(66)38-53-58(2,3)57(59(53,4)5)73-49-23-20-47(39-61)50(60)37-49/h14-23,37,41,44,46,51,53-54,57,62H,7-13,24-36,38,40H2,1-6H3,(H,63,67)/t41-,44-,51-,53?,54-,57?/m0/s1. The number of piperidine rings is 1. The Morgan fingerprint density at radius 3 is 2.05 bits per heavy atom. The molecule has 14 heteroatoms. The maximum absolute atomic E-state index is 14.2. The molecule has 4 aliphatic rings. The number of halogens is 1. The molecule has 2 aliphatic heterocycles. The molecule has 4 fully saturated rings. The third kappa shape index (κ3) is 14.9. The number of fused-ring (bicyclic) bond motifs is 1. The normalized spacial score (nSPS) is 22.4. The number of amides is 2. The first-order valence-electron chi connectivity index (χ1n) is 27.1. The number of hydrogen-bond donors (Lipinski definition) is 2. The van der Waals surface area contributed by atoms with Crippen molar-refractivity contribution in [3.63, 3.8) is 0 Å². The minimum atomic E-state index is -0.438. The van der Waals surface area contributed by atoms with Crippen LogP contribution in [0, 0.1) is 39.9 Å². The largest absolute Gasteiger partial charge is 0.491 e. The number of ketones is 1. The molecule has 13 nitrogen and oxygen atoms in total. The zero-order valence-corrected chi connectivity index (χ0v) is 45.2. The van der Waals surface area contributed by atoms with Crippen LogP contribution in [0.15, 0.2) is 66.7 Å². The number of carbonyl (C=O) groups is 3. The quantitative estimate of drug-likeness (QED) is 0.0556. The summed E-state index contributed by atoms with van der Waals surface area (Å²) in [4.78, 5) is 45.3. The van der Waals surface area contributed by atoms with E-state index >= 15 is 0 Å². The molecule has 2 aliphatic carbocycles. The highest BCUT2D eigenvalue weighted by Gasteiger charge is 2.63. The third-order valence-corrected chi connectivity index (χ3v) is 16.8. The Balaban J connectivity index is 0.701. The summed E-state index contributed by atoms with van der Waals surface area (Å²) in [6.07, 6.45) is 10.6. The monoisotopic (exact) mass is 1020 g/mol. The van der Waals surface area contributed by atoms with Gasteiger partial charge < -0.3 is 44.1 Å². The van der Waals surface area contributed by atoms with Crippen molar-refractivity contribution in [3.05, 3.63) is 94.0 Å². The lowest BCUT2D eigenvalue weighted by Crippen LogP contribution is -2.66. The van der Waals surface area contributed by atoms with Gasteiger partial charge in [-0.2, -0.15) is 5.26 Å². The molecule has 0 spiro atoms. The summed E-state index contributed by atoms with van der Waals surface area (Å²) in [6.45, 7) is 17.7. The molecule has 4 atom stereocenters. The summed E-state index contributed by atoms with van der Waals surface area (Å²) in [5.41, 5.74) is 3.11. The van der Waals surface area contributed by atoms with E-state index in [0.717, 1.165) is 95.3 Å². The van der Waals surface area contributed by atoms with Gasteiger partial charge in [0, 0.05) is 61.2 Å². The SMILES string of the molecule is CN[C@@H](C)C(=O)N[C@H](C(=O)N1CC[C@@H]2CCN(CCc3ccc(OCCOCCOCCOCCCc4ccc(C(=O)CC5C(C)(C)C(Oc6ccc(C#N)c(Cl)c6)C5(C)C)cc4)cc3)C[C@@H]21)C1CCCCC1. The lowest BCUT2D eigenvalue weighted by atomic mass is 9.44. The van der Waals surface area contributed by atoms with Crippen molar-refractivity contribution < 1.29 is 38.1 Å². The number of ether oxygens (including phenoxy) is 5. The van der Waals surface area contributed by atoms with Gasteiger partial charge in [0.2, 0.25) is 11.8 Å². The van der Waals surface area contributed by atoms with Gasteiger partial charge in [0.15, 0.2) is 5.78 Å². The van der Waals surface area contributed by atoms with E-state index < -0.39 is 6.04 Å². The van der Waals surface area contributed by atoms with Crippen molar-refractivity contribution in [2.24, 2.45) is 28.6 Å². The second-order valence-corrected chi connectivity index (χ2v) is 22.5. The highest BCUT2D eigenvalue weighted by atomic mass is 35.5. The topological polar surface area (TPSA) is 152 Å². The summed E-state index contributed by atoms with van der Waals surface area (Å²) < 4.78 is 29.6. The molecule has 398 valence electrons. The first-order valence-corrected chi connectivity index (χ1v) is 27.5. The molecule has 2 heterocycles. The molecule has 0 bridgehead atoms. The molecule has 2 saturated heterocycles. The van der Waals surface area contributed by atoms with Crippen molar-refractivity contribution in [3.8, 4) is 17.6 Å². The maximum Gasteiger partial charge on any atom is 0.245 e. The number of Topliss-reactive ketones (excluding diaryl/α,β-unsaturated/α-hetero) is 1. The van der Waals surface area contributed by atoms with E-state index in [2.05, 4.69) is 66.3 Å². The van der Waals surface area contributed by atoms with Crippen LogP contribution in [0.4, 0.5) is 0 Å². The number of carbonyl (C=O) groups excluding carboxylic acids is 3. The van der Waals surface area contributed by atoms with Gasteiger partial charge in [0.1, 0.15) is 36.3 Å². The van der Waals surface area contributed by atoms with Gasteiger partial charge in [0.25, 0.3) is 0 Å². The van der Waals surface area contributed by atoms with Crippen LogP contribution in [0.1, 0.15) is 119 Å². The first kappa shape index (κ1) is 56.2. The zero-order valence-electron chi connectivity index (χ0n) is 44.4. The average molecular weight is 1020 g/mol. The van der Waals surface area contributed by atoms with Crippen LogP contribution in [0.2, 0.25) is 5.02 Å². The minimum absolute atomic E-state index is 0.0928. The van der Waals surface area contributed by atoms with E-state index in [1.165, 1.54) is 17.5 Å².